The Bertz CT molecular complexity index is 612. The molecule has 0 saturated carbocycles. The summed E-state index contributed by atoms with van der Waals surface area (Å²) in [4.78, 5) is 23.8. The summed E-state index contributed by atoms with van der Waals surface area (Å²) in [5.41, 5.74) is 2.34. The van der Waals surface area contributed by atoms with Crippen molar-refractivity contribution >= 4 is 17.5 Å². The van der Waals surface area contributed by atoms with Crippen molar-refractivity contribution in [1.82, 2.24) is 9.88 Å². The van der Waals surface area contributed by atoms with Gasteiger partial charge in [-0.05, 0) is 19.9 Å². The van der Waals surface area contributed by atoms with Gasteiger partial charge in [-0.25, -0.2) is 0 Å². The van der Waals surface area contributed by atoms with Gasteiger partial charge in [0.15, 0.2) is 0 Å². The molecular formula is C13H17ClF3N3O2. The molecule has 3 N–H and O–H groups in total. The van der Waals surface area contributed by atoms with Crippen molar-refractivity contribution in [2.75, 3.05) is 13.1 Å². The van der Waals surface area contributed by atoms with Gasteiger partial charge in [-0.3, -0.25) is 9.59 Å². The summed E-state index contributed by atoms with van der Waals surface area (Å²) in [6.45, 7) is 3.25. The van der Waals surface area contributed by atoms with Gasteiger partial charge in [-0.1, -0.05) is 11.6 Å². The van der Waals surface area contributed by atoms with Gasteiger partial charge < -0.3 is 15.6 Å². The number of pyridine rings is 1. The van der Waals surface area contributed by atoms with Crippen LogP contribution in [0.2, 0.25) is 5.02 Å². The van der Waals surface area contributed by atoms with E-state index < -0.39 is 33.6 Å². The fourth-order valence-electron chi connectivity index (χ4n) is 1.79. The first kappa shape index (κ1) is 18.5. The second-order valence-electron chi connectivity index (χ2n) is 5.44. The van der Waals surface area contributed by atoms with Crippen molar-refractivity contribution in [3.05, 3.63) is 33.2 Å². The highest BCUT2D eigenvalue weighted by Gasteiger charge is 2.34. The van der Waals surface area contributed by atoms with Crippen LogP contribution in [0.4, 0.5) is 13.2 Å². The molecule has 0 unspecified atom stereocenters. The topological polar surface area (TPSA) is 77.1 Å². The van der Waals surface area contributed by atoms with Gasteiger partial charge in [0.1, 0.15) is 5.02 Å². The van der Waals surface area contributed by atoms with Gasteiger partial charge in [-0.2, -0.15) is 13.2 Å². The largest absolute Gasteiger partial charge is 0.417 e. The zero-order chi connectivity index (χ0) is 17.1. The van der Waals surface area contributed by atoms with E-state index in [2.05, 4.69) is 5.32 Å². The number of nitrogens with one attached hydrogen (secondary N) is 1. The van der Waals surface area contributed by atoms with Crippen LogP contribution >= 0.6 is 11.6 Å². The van der Waals surface area contributed by atoms with Crippen LogP contribution in [0.15, 0.2) is 17.1 Å². The average molecular weight is 340 g/mol. The number of nitrogens with zero attached hydrogens (tertiary/aromatic N) is 1. The lowest BCUT2D eigenvalue weighted by Gasteiger charge is -2.25. The minimum absolute atomic E-state index is 0.233. The highest BCUT2D eigenvalue weighted by atomic mass is 35.5. The average Bonchev–Trinajstić information content (AvgIpc) is 2.39. The molecule has 0 saturated heterocycles. The molecule has 0 aliphatic rings. The quantitative estimate of drug-likeness (QED) is 0.856. The van der Waals surface area contributed by atoms with E-state index >= 15 is 0 Å². The molecular weight excluding hydrogens is 323 g/mol. The van der Waals surface area contributed by atoms with Crippen LogP contribution < -0.4 is 16.6 Å². The molecule has 1 heterocycles. The molecule has 0 fully saturated rings. The van der Waals surface area contributed by atoms with Crippen LogP contribution in [0.3, 0.4) is 0 Å². The Balaban J connectivity index is 3.14. The van der Waals surface area contributed by atoms with Gasteiger partial charge >= 0.3 is 6.18 Å². The van der Waals surface area contributed by atoms with Crippen LogP contribution in [-0.4, -0.2) is 23.6 Å². The van der Waals surface area contributed by atoms with Crippen molar-refractivity contribution in [2.24, 2.45) is 11.1 Å². The number of aromatic nitrogens is 1. The second kappa shape index (κ2) is 6.70. The molecule has 0 aromatic carbocycles. The van der Waals surface area contributed by atoms with E-state index in [-0.39, 0.29) is 19.6 Å². The van der Waals surface area contributed by atoms with Gasteiger partial charge in [-0.15, -0.1) is 0 Å². The maximum atomic E-state index is 12.8. The third-order valence-electron chi connectivity index (χ3n) is 2.98. The first-order chi connectivity index (χ1) is 9.99. The Hall–Kier alpha value is -1.54. The normalized spacial score (nSPS) is 12.3. The van der Waals surface area contributed by atoms with E-state index in [0.717, 1.165) is 4.57 Å². The van der Waals surface area contributed by atoms with Crippen molar-refractivity contribution < 1.29 is 18.0 Å². The van der Waals surface area contributed by atoms with Gasteiger partial charge in [0.2, 0.25) is 5.91 Å². The molecule has 0 bridgehead atoms. The zero-order valence-corrected chi connectivity index (χ0v) is 12.9. The highest BCUT2D eigenvalue weighted by molar-refractivity contribution is 6.30. The van der Waals surface area contributed by atoms with E-state index in [0.29, 0.717) is 12.3 Å². The number of amides is 1. The van der Waals surface area contributed by atoms with Crippen LogP contribution in [-0.2, 0) is 17.5 Å². The van der Waals surface area contributed by atoms with Crippen LogP contribution in [0.5, 0.6) is 0 Å². The molecule has 0 atom stereocenters. The predicted molar refractivity (Wildman–Crippen MR) is 76.6 cm³/mol. The molecule has 5 nitrogen and oxygen atoms in total. The van der Waals surface area contributed by atoms with E-state index in [9.17, 15) is 22.8 Å². The molecule has 124 valence electrons. The maximum Gasteiger partial charge on any atom is 0.417 e. The smallest absolute Gasteiger partial charge is 0.354 e. The lowest BCUT2D eigenvalue weighted by atomic mass is 9.92. The van der Waals surface area contributed by atoms with E-state index in [1.165, 1.54) is 13.8 Å². The van der Waals surface area contributed by atoms with E-state index in [1.807, 2.05) is 0 Å². The van der Waals surface area contributed by atoms with Crippen LogP contribution in [0.1, 0.15) is 19.4 Å². The maximum absolute atomic E-state index is 12.8. The van der Waals surface area contributed by atoms with Gasteiger partial charge in [0.25, 0.3) is 5.56 Å². The molecule has 0 spiro atoms. The van der Waals surface area contributed by atoms with Crippen molar-refractivity contribution in [1.29, 1.82) is 0 Å². The highest BCUT2D eigenvalue weighted by Crippen LogP contribution is 2.30. The predicted octanol–water partition coefficient (Wildman–Crippen LogP) is 1.62. The number of hydrogen-bond acceptors (Lipinski definition) is 3. The van der Waals surface area contributed by atoms with E-state index in [1.54, 1.807) is 0 Å². The number of hydrogen-bond donors (Lipinski definition) is 2. The molecule has 0 aliphatic heterocycles. The van der Waals surface area contributed by atoms with Crippen molar-refractivity contribution in [3.63, 3.8) is 0 Å². The summed E-state index contributed by atoms with van der Waals surface area (Å²) >= 11 is 5.57. The summed E-state index contributed by atoms with van der Waals surface area (Å²) in [6.07, 6.45) is -3.97. The summed E-state index contributed by atoms with van der Waals surface area (Å²) in [7, 11) is 0. The van der Waals surface area contributed by atoms with Crippen molar-refractivity contribution in [3.8, 4) is 0 Å². The third kappa shape index (κ3) is 4.48. The van der Waals surface area contributed by atoms with Crippen LogP contribution in [0, 0.1) is 5.41 Å². The fourth-order valence-corrected chi connectivity index (χ4v) is 2.02. The number of alkyl halides is 3. The lowest BCUT2D eigenvalue weighted by Crippen LogP contribution is -2.43. The number of carbonyl (C=O) groups is 1. The summed E-state index contributed by atoms with van der Waals surface area (Å²) in [5.74, 6) is -0.418. The number of rotatable bonds is 5. The van der Waals surface area contributed by atoms with Crippen LogP contribution in [0.25, 0.3) is 0 Å². The minimum atomic E-state index is -4.63. The Morgan fingerprint density at radius 2 is 2.00 bits per heavy atom. The first-order valence-corrected chi connectivity index (χ1v) is 6.82. The molecule has 1 aromatic heterocycles. The Labute approximate surface area is 130 Å². The molecule has 0 radical (unpaired) electrons. The Morgan fingerprint density at radius 1 is 1.41 bits per heavy atom. The van der Waals surface area contributed by atoms with Gasteiger partial charge in [0, 0.05) is 25.8 Å². The summed E-state index contributed by atoms with van der Waals surface area (Å²) < 4.78 is 39.1. The van der Waals surface area contributed by atoms with Gasteiger partial charge in [0.05, 0.1) is 11.0 Å². The third-order valence-corrected chi connectivity index (χ3v) is 3.25. The van der Waals surface area contributed by atoms with E-state index in [4.69, 9.17) is 17.3 Å². The SMILES string of the molecule is CC(C)(Cn1cc(C(F)(F)F)cc(Cl)c1=O)C(=O)NCCN. The fraction of sp³-hybridized carbons (Fsp3) is 0.538. The Kier molecular flexibility index (Phi) is 5.64. The number of carbonyl (C=O) groups excluding carboxylic acids is 1. The standard InChI is InChI=1S/C13H17ClF3N3O2/c1-12(2,11(22)19-4-3-18)7-20-6-8(13(15,16)17)5-9(14)10(20)21/h5-6H,3-4,7,18H2,1-2H3,(H,19,22). The zero-order valence-electron chi connectivity index (χ0n) is 12.1. The molecule has 0 aliphatic carbocycles. The number of nitrogens with two attached hydrogens (primary N) is 1. The molecule has 9 heteroatoms. The summed E-state index contributed by atoms with van der Waals surface area (Å²) in [6, 6.07) is 0.571. The molecule has 1 rings (SSSR count). The second-order valence-corrected chi connectivity index (χ2v) is 5.84. The molecule has 1 aromatic rings. The minimum Gasteiger partial charge on any atom is -0.354 e. The number of halogens is 4. The lowest BCUT2D eigenvalue weighted by molar-refractivity contribution is -0.138. The van der Waals surface area contributed by atoms with Crippen molar-refractivity contribution in [2.45, 2.75) is 26.6 Å². The monoisotopic (exact) mass is 339 g/mol. The molecule has 22 heavy (non-hydrogen) atoms. The molecule has 1 amide bonds. The first-order valence-electron chi connectivity index (χ1n) is 6.44. The Morgan fingerprint density at radius 3 is 2.50 bits per heavy atom. The summed E-state index contributed by atoms with van der Waals surface area (Å²) in [5, 5.41) is 1.99.